The Labute approximate surface area is 79.9 Å². The van der Waals surface area contributed by atoms with Crippen LogP contribution in [0.3, 0.4) is 0 Å². The van der Waals surface area contributed by atoms with Crippen LogP contribution < -0.4 is 5.73 Å². The minimum atomic E-state index is -0.640. The van der Waals surface area contributed by atoms with Gasteiger partial charge >= 0.3 is 5.97 Å². The zero-order valence-electron chi connectivity index (χ0n) is 8.83. The number of nitrogens with two attached hydrogens (primary N) is 1. The van der Waals surface area contributed by atoms with Crippen LogP contribution in [-0.4, -0.2) is 18.6 Å². The molecule has 0 amide bonds. The van der Waals surface area contributed by atoms with Crippen LogP contribution in [0.4, 0.5) is 0 Å². The molecule has 0 aromatic heterocycles. The fourth-order valence-corrected chi connectivity index (χ4v) is 0.709. The van der Waals surface area contributed by atoms with Crippen LogP contribution in [0.5, 0.6) is 0 Å². The summed E-state index contributed by atoms with van der Waals surface area (Å²) in [5.74, 6) is -0.372. The average molecular weight is 185 g/mol. The monoisotopic (exact) mass is 185 g/mol. The number of allylic oxidation sites excluding steroid dienone is 1. The van der Waals surface area contributed by atoms with E-state index in [4.69, 9.17) is 10.5 Å². The lowest BCUT2D eigenvalue weighted by Crippen LogP contribution is -2.30. The van der Waals surface area contributed by atoms with Crippen molar-refractivity contribution in [2.75, 3.05) is 6.61 Å². The van der Waals surface area contributed by atoms with Gasteiger partial charge in [-0.15, -0.1) is 0 Å². The second-order valence-electron chi connectivity index (χ2n) is 4.00. The van der Waals surface area contributed by atoms with Crippen molar-refractivity contribution in [3.63, 3.8) is 0 Å². The average Bonchev–Trinajstić information content (AvgIpc) is 1.99. The fraction of sp³-hybridized carbons (Fsp3) is 0.700. The highest BCUT2D eigenvalue weighted by atomic mass is 16.5. The predicted molar refractivity (Wildman–Crippen MR) is 53.2 cm³/mol. The zero-order valence-corrected chi connectivity index (χ0v) is 8.83. The van der Waals surface area contributed by atoms with Gasteiger partial charge in [-0.25, -0.2) is 0 Å². The smallest absolute Gasteiger partial charge is 0.326 e. The summed E-state index contributed by atoms with van der Waals surface area (Å²) >= 11 is 0. The fourth-order valence-electron chi connectivity index (χ4n) is 0.709. The molecule has 0 unspecified atom stereocenters. The first kappa shape index (κ1) is 12.2. The molecule has 3 heteroatoms. The predicted octanol–water partition coefficient (Wildman–Crippen LogP) is 1.48. The molecule has 2 N–H and O–H groups in total. The summed E-state index contributed by atoms with van der Waals surface area (Å²) in [6, 6.07) is -0.640. The van der Waals surface area contributed by atoms with Crippen molar-refractivity contribution in [1.82, 2.24) is 0 Å². The first-order valence-electron chi connectivity index (χ1n) is 4.48. The summed E-state index contributed by atoms with van der Waals surface area (Å²) in [7, 11) is 0. The Balaban J connectivity index is 4.07. The van der Waals surface area contributed by atoms with E-state index in [2.05, 4.69) is 0 Å². The summed E-state index contributed by atoms with van der Waals surface area (Å²) < 4.78 is 4.75. The van der Waals surface area contributed by atoms with Gasteiger partial charge in [0.1, 0.15) is 6.04 Å². The van der Waals surface area contributed by atoms with Gasteiger partial charge in [0, 0.05) is 0 Å². The van der Waals surface area contributed by atoms with Gasteiger partial charge in [0.05, 0.1) is 6.61 Å². The first-order chi connectivity index (χ1) is 5.87. The third-order valence-corrected chi connectivity index (χ3v) is 1.36. The normalized spacial score (nSPS) is 14.5. The molecular formula is C10H19NO2. The molecule has 0 spiro atoms. The maximum absolute atomic E-state index is 11.1. The van der Waals surface area contributed by atoms with Crippen LogP contribution in [0, 0.1) is 5.41 Å². The number of carbonyl (C=O) groups is 1. The van der Waals surface area contributed by atoms with Crippen LogP contribution in [0.1, 0.15) is 27.7 Å². The van der Waals surface area contributed by atoms with Gasteiger partial charge in [-0.05, 0) is 12.3 Å². The van der Waals surface area contributed by atoms with Crippen molar-refractivity contribution in [3.8, 4) is 0 Å². The molecule has 3 nitrogen and oxygen atoms in total. The number of ether oxygens (including phenoxy) is 1. The lowest BCUT2D eigenvalue weighted by molar-refractivity contribution is -0.143. The van der Waals surface area contributed by atoms with Crippen molar-refractivity contribution in [3.05, 3.63) is 12.2 Å². The second kappa shape index (κ2) is 5.02. The molecule has 0 saturated carbocycles. The third-order valence-electron chi connectivity index (χ3n) is 1.36. The Morgan fingerprint density at radius 2 is 2.08 bits per heavy atom. The van der Waals surface area contributed by atoms with E-state index in [0.717, 1.165) is 0 Å². The Morgan fingerprint density at radius 1 is 1.54 bits per heavy atom. The minimum Gasteiger partial charge on any atom is -0.465 e. The summed E-state index contributed by atoms with van der Waals surface area (Å²) in [6.45, 7) is 8.26. The van der Waals surface area contributed by atoms with Gasteiger partial charge in [-0.1, -0.05) is 32.9 Å². The maximum atomic E-state index is 11.1. The quantitative estimate of drug-likeness (QED) is 0.535. The summed E-state index contributed by atoms with van der Waals surface area (Å²) in [6.07, 6.45) is 3.59. The lowest BCUT2D eigenvalue weighted by atomic mass is 9.95. The zero-order chi connectivity index (χ0) is 10.5. The molecule has 0 heterocycles. The Hall–Kier alpha value is -0.830. The number of esters is 1. The first-order valence-corrected chi connectivity index (χ1v) is 4.48. The van der Waals surface area contributed by atoms with Crippen LogP contribution in [0.25, 0.3) is 0 Å². The van der Waals surface area contributed by atoms with Crippen LogP contribution in [0.15, 0.2) is 12.2 Å². The van der Waals surface area contributed by atoms with Gasteiger partial charge in [-0.3, -0.25) is 4.79 Å². The number of hydrogen-bond donors (Lipinski definition) is 1. The van der Waals surface area contributed by atoms with E-state index in [-0.39, 0.29) is 11.4 Å². The molecule has 0 aromatic carbocycles. The molecule has 0 fully saturated rings. The molecule has 0 aliphatic carbocycles. The number of carbonyl (C=O) groups excluding carboxylic acids is 1. The molecule has 76 valence electrons. The summed E-state index contributed by atoms with van der Waals surface area (Å²) in [5, 5.41) is 0. The van der Waals surface area contributed by atoms with E-state index in [1.807, 2.05) is 26.8 Å². The SMILES string of the molecule is CCOC(=O)[C@H](N)/C=C/C(C)(C)C. The van der Waals surface area contributed by atoms with E-state index in [0.29, 0.717) is 6.61 Å². The van der Waals surface area contributed by atoms with E-state index in [1.54, 1.807) is 13.0 Å². The highest BCUT2D eigenvalue weighted by Crippen LogP contribution is 2.14. The lowest BCUT2D eigenvalue weighted by Gasteiger charge is -2.12. The van der Waals surface area contributed by atoms with Crippen molar-refractivity contribution >= 4 is 5.97 Å². The third kappa shape index (κ3) is 6.34. The molecule has 0 saturated heterocycles. The Bertz CT molecular complexity index is 192. The van der Waals surface area contributed by atoms with Gasteiger partial charge in [0.25, 0.3) is 0 Å². The van der Waals surface area contributed by atoms with Gasteiger partial charge in [0.2, 0.25) is 0 Å². The topological polar surface area (TPSA) is 52.3 Å². The maximum Gasteiger partial charge on any atom is 0.326 e. The minimum absolute atomic E-state index is 0.0457. The second-order valence-corrected chi connectivity index (χ2v) is 4.00. The van der Waals surface area contributed by atoms with Gasteiger partial charge in [0.15, 0.2) is 0 Å². The highest BCUT2D eigenvalue weighted by Gasteiger charge is 2.12. The molecule has 13 heavy (non-hydrogen) atoms. The molecule has 0 aliphatic rings. The molecule has 0 bridgehead atoms. The Kier molecular flexibility index (Phi) is 4.70. The van der Waals surface area contributed by atoms with Crippen LogP contribution in [0.2, 0.25) is 0 Å². The van der Waals surface area contributed by atoms with Gasteiger partial charge in [-0.2, -0.15) is 0 Å². The molecule has 1 atom stereocenters. The highest BCUT2D eigenvalue weighted by molar-refractivity contribution is 5.77. The molecule has 0 radical (unpaired) electrons. The van der Waals surface area contributed by atoms with Crippen molar-refractivity contribution in [1.29, 1.82) is 0 Å². The number of hydrogen-bond acceptors (Lipinski definition) is 3. The van der Waals surface area contributed by atoms with Crippen molar-refractivity contribution in [2.24, 2.45) is 11.1 Å². The molecule has 0 rings (SSSR count). The largest absolute Gasteiger partial charge is 0.465 e. The van der Waals surface area contributed by atoms with E-state index in [1.165, 1.54) is 0 Å². The molecule has 0 aliphatic heterocycles. The summed E-state index contributed by atoms with van der Waals surface area (Å²) in [4.78, 5) is 11.1. The van der Waals surface area contributed by atoms with E-state index in [9.17, 15) is 4.79 Å². The van der Waals surface area contributed by atoms with Crippen LogP contribution >= 0.6 is 0 Å². The molecular weight excluding hydrogens is 166 g/mol. The van der Waals surface area contributed by atoms with Crippen molar-refractivity contribution in [2.45, 2.75) is 33.7 Å². The van der Waals surface area contributed by atoms with Crippen molar-refractivity contribution < 1.29 is 9.53 Å². The number of rotatable bonds is 3. The van der Waals surface area contributed by atoms with E-state index < -0.39 is 6.04 Å². The van der Waals surface area contributed by atoms with Gasteiger partial charge < -0.3 is 10.5 Å². The Morgan fingerprint density at radius 3 is 2.46 bits per heavy atom. The van der Waals surface area contributed by atoms with E-state index >= 15 is 0 Å². The van der Waals surface area contributed by atoms with Crippen LogP contribution in [-0.2, 0) is 9.53 Å². The standard InChI is InChI=1S/C10H19NO2/c1-5-13-9(12)8(11)6-7-10(2,3)4/h6-8H,5,11H2,1-4H3/b7-6+/t8-/m1/s1. The molecule has 0 aromatic rings. The summed E-state index contributed by atoms with van der Waals surface area (Å²) in [5.41, 5.74) is 5.59.